The second-order valence-electron chi connectivity index (χ2n) is 6.13. The molecule has 0 unspecified atom stereocenters. The lowest BCUT2D eigenvalue weighted by Gasteiger charge is -2.38. The van der Waals surface area contributed by atoms with Gasteiger partial charge in [-0.3, -0.25) is 0 Å². The fraction of sp³-hybridized carbons (Fsp3) is 0.250. The molecule has 0 aliphatic carbocycles. The van der Waals surface area contributed by atoms with Crippen molar-refractivity contribution < 1.29 is 0 Å². The Kier molecular flexibility index (Phi) is 4.78. The Hall–Kier alpha value is -2.44. The van der Waals surface area contributed by atoms with Crippen LogP contribution in [0, 0.1) is 11.3 Å². The van der Waals surface area contributed by atoms with Gasteiger partial charge < -0.3 is 9.80 Å². The third kappa shape index (κ3) is 3.39. The maximum absolute atomic E-state index is 9.01. The summed E-state index contributed by atoms with van der Waals surface area (Å²) in [7, 11) is 0. The Bertz CT molecular complexity index is 790. The third-order valence-electron chi connectivity index (χ3n) is 4.36. The normalized spacial score (nSPS) is 14.4. The van der Waals surface area contributed by atoms with E-state index in [1.807, 2.05) is 19.1 Å². The lowest BCUT2D eigenvalue weighted by Crippen LogP contribution is -2.45. The number of allylic oxidation sites excluding steroid dienone is 1. The lowest BCUT2D eigenvalue weighted by molar-refractivity contribution is 0.615. The molecule has 4 heteroatoms. The molecule has 3 rings (SSSR count). The minimum atomic E-state index is 0.512. The molecule has 1 heterocycles. The van der Waals surface area contributed by atoms with Gasteiger partial charge in [-0.2, -0.15) is 5.26 Å². The monoisotopic (exact) mass is 337 g/mol. The number of hydrogen-bond donors (Lipinski definition) is 0. The summed E-state index contributed by atoms with van der Waals surface area (Å²) in [5.41, 5.74) is 5.04. The topological polar surface area (TPSA) is 30.3 Å². The smallest absolute Gasteiger partial charge is 0.101 e. The zero-order chi connectivity index (χ0) is 17.1. The number of nitrogens with zero attached hydrogens (tertiary/aromatic N) is 3. The van der Waals surface area contributed by atoms with Gasteiger partial charge in [0.2, 0.25) is 0 Å². The summed E-state index contributed by atoms with van der Waals surface area (Å²) in [6, 6.07) is 16.3. The van der Waals surface area contributed by atoms with Crippen LogP contribution >= 0.6 is 11.6 Å². The van der Waals surface area contributed by atoms with Crippen molar-refractivity contribution in [2.75, 3.05) is 29.6 Å². The summed E-state index contributed by atoms with van der Waals surface area (Å²) >= 11 is 6.18. The van der Waals surface area contributed by atoms with E-state index in [0.29, 0.717) is 10.6 Å². The van der Waals surface area contributed by atoms with E-state index in [1.54, 1.807) is 6.07 Å². The van der Waals surface area contributed by atoms with E-state index in [9.17, 15) is 0 Å². The van der Waals surface area contributed by atoms with E-state index in [-0.39, 0.29) is 0 Å². The highest BCUT2D eigenvalue weighted by Crippen LogP contribution is 2.27. The zero-order valence-electron chi connectivity index (χ0n) is 13.8. The van der Waals surface area contributed by atoms with Crippen molar-refractivity contribution in [2.45, 2.75) is 13.3 Å². The Morgan fingerprint density at radius 2 is 1.71 bits per heavy atom. The van der Waals surface area contributed by atoms with E-state index in [1.165, 1.54) is 11.3 Å². The molecule has 2 aromatic rings. The van der Waals surface area contributed by atoms with Crippen molar-refractivity contribution in [3.05, 3.63) is 65.2 Å². The third-order valence-corrected chi connectivity index (χ3v) is 4.67. The maximum atomic E-state index is 9.01. The molecular weight excluding hydrogens is 318 g/mol. The summed E-state index contributed by atoms with van der Waals surface area (Å²) in [6.07, 6.45) is 1.08. The van der Waals surface area contributed by atoms with Crippen molar-refractivity contribution >= 4 is 28.5 Å². The van der Waals surface area contributed by atoms with E-state index < -0.39 is 0 Å². The van der Waals surface area contributed by atoms with Gasteiger partial charge in [-0.15, -0.1) is 0 Å². The molecule has 24 heavy (non-hydrogen) atoms. The number of nitriles is 1. The molecule has 0 spiro atoms. The lowest BCUT2D eigenvalue weighted by atomic mass is 10.1. The maximum Gasteiger partial charge on any atom is 0.101 e. The molecule has 0 N–H and O–H groups in total. The number of benzene rings is 2. The highest BCUT2D eigenvalue weighted by Gasteiger charge is 2.19. The highest BCUT2D eigenvalue weighted by molar-refractivity contribution is 6.32. The summed E-state index contributed by atoms with van der Waals surface area (Å²) in [4.78, 5) is 4.65. The van der Waals surface area contributed by atoms with Crippen LogP contribution in [-0.4, -0.2) is 19.8 Å². The van der Waals surface area contributed by atoms with Crippen LogP contribution in [-0.2, 0) is 0 Å². The number of anilines is 2. The van der Waals surface area contributed by atoms with E-state index >= 15 is 0 Å². The SMILES string of the molecule is C=C(C)c1ccc(N2CCCN(c3ccc(C#N)c(Cl)c3)C2)cc1. The van der Waals surface area contributed by atoms with Crippen molar-refractivity contribution in [2.24, 2.45) is 0 Å². The molecule has 1 aliphatic heterocycles. The molecule has 1 aliphatic rings. The van der Waals surface area contributed by atoms with Gasteiger partial charge in [-0.25, -0.2) is 0 Å². The molecular formula is C20H20ClN3. The molecule has 2 aromatic carbocycles. The predicted octanol–water partition coefficient (Wildman–Crippen LogP) is 4.92. The molecule has 3 nitrogen and oxygen atoms in total. The van der Waals surface area contributed by atoms with Crippen LogP contribution in [0.4, 0.5) is 11.4 Å². The Labute approximate surface area is 148 Å². The van der Waals surface area contributed by atoms with E-state index in [2.05, 4.69) is 46.7 Å². The first-order chi connectivity index (χ1) is 11.6. The van der Waals surface area contributed by atoms with Gasteiger partial charge in [0.25, 0.3) is 0 Å². The van der Waals surface area contributed by atoms with E-state index in [4.69, 9.17) is 16.9 Å². The van der Waals surface area contributed by atoms with Crippen molar-refractivity contribution in [1.29, 1.82) is 5.26 Å². The quantitative estimate of drug-likeness (QED) is 0.796. The Morgan fingerprint density at radius 1 is 1.08 bits per heavy atom. The first-order valence-corrected chi connectivity index (χ1v) is 8.42. The molecule has 0 bridgehead atoms. The van der Waals surface area contributed by atoms with Crippen molar-refractivity contribution in [3.63, 3.8) is 0 Å². The minimum absolute atomic E-state index is 0.512. The van der Waals surface area contributed by atoms with Crippen LogP contribution in [0.1, 0.15) is 24.5 Å². The minimum Gasteiger partial charge on any atom is -0.354 e. The average molecular weight is 338 g/mol. The molecule has 0 amide bonds. The molecule has 0 aromatic heterocycles. The molecule has 0 atom stereocenters. The van der Waals surface area contributed by atoms with Gasteiger partial charge in [-0.05, 0) is 49.2 Å². The Balaban J connectivity index is 1.78. The van der Waals surface area contributed by atoms with Gasteiger partial charge in [-0.1, -0.05) is 35.9 Å². The summed E-state index contributed by atoms with van der Waals surface area (Å²) in [5.74, 6) is 0. The standard InChI is InChI=1S/C20H20ClN3/c1-15(2)16-4-7-18(8-5-16)23-10-3-11-24(14-23)19-9-6-17(13-22)20(21)12-19/h4-9,12H,1,3,10-11,14H2,2H3. The van der Waals surface area contributed by atoms with Crippen molar-refractivity contribution in [1.82, 2.24) is 0 Å². The predicted molar refractivity (Wildman–Crippen MR) is 101 cm³/mol. The second-order valence-corrected chi connectivity index (χ2v) is 6.53. The van der Waals surface area contributed by atoms with Crippen LogP contribution in [0.3, 0.4) is 0 Å². The van der Waals surface area contributed by atoms with Crippen LogP contribution in [0.5, 0.6) is 0 Å². The van der Waals surface area contributed by atoms with Gasteiger partial charge in [0.1, 0.15) is 6.07 Å². The number of hydrogen-bond acceptors (Lipinski definition) is 3. The fourth-order valence-electron chi connectivity index (χ4n) is 2.97. The molecule has 122 valence electrons. The van der Waals surface area contributed by atoms with Crippen molar-refractivity contribution in [3.8, 4) is 6.07 Å². The zero-order valence-corrected chi connectivity index (χ0v) is 14.6. The second kappa shape index (κ2) is 6.98. The van der Waals surface area contributed by atoms with Crippen LogP contribution in [0.15, 0.2) is 49.0 Å². The van der Waals surface area contributed by atoms with Gasteiger partial charge >= 0.3 is 0 Å². The Morgan fingerprint density at radius 3 is 2.29 bits per heavy atom. The van der Waals surface area contributed by atoms with E-state index in [0.717, 1.165) is 37.4 Å². The first kappa shape index (κ1) is 16.4. The number of rotatable bonds is 3. The van der Waals surface area contributed by atoms with Gasteiger partial charge in [0.05, 0.1) is 17.3 Å². The van der Waals surface area contributed by atoms with Crippen LogP contribution in [0.25, 0.3) is 5.57 Å². The molecule has 0 saturated carbocycles. The van der Waals surface area contributed by atoms with Crippen LogP contribution in [0.2, 0.25) is 5.02 Å². The van der Waals surface area contributed by atoms with Gasteiger partial charge in [0.15, 0.2) is 0 Å². The van der Waals surface area contributed by atoms with Gasteiger partial charge in [0, 0.05) is 24.5 Å². The first-order valence-electron chi connectivity index (χ1n) is 8.04. The molecule has 0 radical (unpaired) electrons. The fourth-order valence-corrected chi connectivity index (χ4v) is 3.19. The summed E-state index contributed by atoms with van der Waals surface area (Å²) < 4.78 is 0. The highest BCUT2D eigenvalue weighted by atomic mass is 35.5. The summed E-state index contributed by atoms with van der Waals surface area (Å²) in [5, 5.41) is 9.52. The van der Waals surface area contributed by atoms with Crippen LogP contribution < -0.4 is 9.80 Å². The number of halogens is 1. The average Bonchev–Trinajstić information content (AvgIpc) is 2.62. The molecule has 1 fully saturated rings. The summed E-state index contributed by atoms with van der Waals surface area (Å²) in [6.45, 7) is 8.84. The molecule has 1 saturated heterocycles. The largest absolute Gasteiger partial charge is 0.354 e.